The smallest absolute Gasteiger partial charge is 0.319 e. The third-order valence-corrected chi connectivity index (χ3v) is 4.68. The Kier molecular flexibility index (Phi) is 9.51. The van der Waals surface area contributed by atoms with E-state index in [1.54, 1.807) is 24.3 Å². The first-order valence-electron chi connectivity index (χ1n) is 10.2. The molecule has 0 aliphatic carbocycles. The van der Waals surface area contributed by atoms with E-state index in [-0.39, 0.29) is 30.9 Å². The van der Waals surface area contributed by atoms with Crippen LogP contribution in [0.4, 0.5) is 10.5 Å². The predicted octanol–water partition coefficient (Wildman–Crippen LogP) is 2.75. The summed E-state index contributed by atoms with van der Waals surface area (Å²) >= 11 is 0. The number of esters is 1. The standard InChI is InChI=1S/C23H30N4O4/c1-4-27(2)16-18-7-5-6-17(14-18)15-25-23(30)26-20-10-8-19(9-11-20)22(29)24-13-12-21(28)31-3/h5-11,14H,4,12-13,15-16H2,1-3H3,(H,24,29)(H2,25,26,30). The molecule has 0 atom stereocenters. The van der Waals surface area contributed by atoms with Crippen molar-refractivity contribution in [1.82, 2.24) is 15.5 Å². The van der Waals surface area contributed by atoms with Crippen molar-refractivity contribution >= 4 is 23.6 Å². The molecule has 0 saturated heterocycles. The first-order chi connectivity index (χ1) is 14.9. The second-order valence-electron chi connectivity index (χ2n) is 7.12. The number of nitrogens with zero attached hydrogens (tertiary/aromatic N) is 1. The van der Waals surface area contributed by atoms with Crippen LogP contribution in [-0.2, 0) is 22.6 Å². The lowest BCUT2D eigenvalue weighted by Crippen LogP contribution is -2.28. The molecule has 0 spiro atoms. The minimum atomic E-state index is -0.383. The van der Waals surface area contributed by atoms with Crippen LogP contribution in [0.15, 0.2) is 48.5 Å². The van der Waals surface area contributed by atoms with Crippen LogP contribution in [0.5, 0.6) is 0 Å². The largest absolute Gasteiger partial charge is 0.469 e. The molecule has 166 valence electrons. The van der Waals surface area contributed by atoms with E-state index in [1.165, 1.54) is 12.7 Å². The van der Waals surface area contributed by atoms with Gasteiger partial charge in [0, 0.05) is 30.9 Å². The maximum absolute atomic E-state index is 12.2. The Bertz CT molecular complexity index is 883. The normalized spacial score (nSPS) is 10.5. The van der Waals surface area contributed by atoms with Crippen LogP contribution in [0, 0.1) is 0 Å². The first-order valence-corrected chi connectivity index (χ1v) is 10.2. The van der Waals surface area contributed by atoms with Crippen molar-refractivity contribution in [3.8, 4) is 0 Å². The topological polar surface area (TPSA) is 99.8 Å². The molecule has 0 heterocycles. The van der Waals surface area contributed by atoms with Gasteiger partial charge in [-0.3, -0.25) is 9.59 Å². The molecule has 2 aromatic carbocycles. The maximum atomic E-state index is 12.2. The fourth-order valence-corrected chi connectivity index (χ4v) is 2.81. The maximum Gasteiger partial charge on any atom is 0.319 e. The molecule has 0 aliphatic heterocycles. The van der Waals surface area contributed by atoms with Crippen LogP contribution in [0.2, 0.25) is 0 Å². The van der Waals surface area contributed by atoms with Crippen LogP contribution >= 0.6 is 0 Å². The second kappa shape index (κ2) is 12.3. The molecule has 0 fully saturated rings. The van der Waals surface area contributed by atoms with Gasteiger partial charge in [-0.2, -0.15) is 0 Å². The zero-order chi connectivity index (χ0) is 22.6. The molecule has 3 N–H and O–H groups in total. The van der Waals surface area contributed by atoms with E-state index < -0.39 is 0 Å². The molecule has 0 saturated carbocycles. The van der Waals surface area contributed by atoms with Gasteiger partial charge in [-0.15, -0.1) is 0 Å². The van der Waals surface area contributed by atoms with Gasteiger partial charge in [-0.25, -0.2) is 4.79 Å². The molecule has 0 aromatic heterocycles. The molecular weight excluding hydrogens is 396 g/mol. The Balaban J connectivity index is 1.80. The number of amides is 3. The van der Waals surface area contributed by atoms with E-state index in [1.807, 2.05) is 12.1 Å². The zero-order valence-electron chi connectivity index (χ0n) is 18.2. The van der Waals surface area contributed by atoms with Crippen LogP contribution < -0.4 is 16.0 Å². The summed E-state index contributed by atoms with van der Waals surface area (Å²) in [4.78, 5) is 37.5. The Morgan fingerprint density at radius 3 is 2.39 bits per heavy atom. The Hall–Kier alpha value is -3.39. The second-order valence-corrected chi connectivity index (χ2v) is 7.12. The Labute approximate surface area is 183 Å². The van der Waals surface area contributed by atoms with Gasteiger partial charge in [-0.05, 0) is 49.0 Å². The van der Waals surface area contributed by atoms with Crippen molar-refractivity contribution in [2.75, 3.05) is 32.6 Å². The SMILES string of the molecule is CCN(C)Cc1cccc(CNC(=O)Nc2ccc(C(=O)NCCC(=O)OC)cc2)c1. The van der Waals surface area contributed by atoms with E-state index in [0.717, 1.165) is 18.7 Å². The number of nitrogens with one attached hydrogen (secondary N) is 3. The molecule has 0 radical (unpaired) electrons. The molecule has 0 unspecified atom stereocenters. The van der Waals surface area contributed by atoms with E-state index in [2.05, 4.69) is 51.7 Å². The summed E-state index contributed by atoms with van der Waals surface area (Å²) in [7, 11) is 3.37. The monoisotopic (exact) mass is 426 g/mol. The summed E-state index contributed by atoms with van der Waals surface area (Å²) in [5.41, 5.74) is 3.23. The number of hydrogen-bond acceptors (Lipinski definition) is 5. The van der Waals surface area contributed by atoms with Crippen LogP contribution in [0.1, 0.15) is 34.8 Å². The number of anilines is 1. The Morgan fingerprint density at radius 1 is 1.00 bits per heavy atom. The lowest BCUT2D eigenvalue weighted by molar-refractivity contribution is -0.140. The molecule has 2 aromatic rings. The third-order valence-electron chi connectivity index (χ3n) is 4.68. The average molecular weight is 427 g/mol. The number of ether oxygens (including phenoxy) is 1. The van der Waals surface area contributed by atoms with E-state index in [0.29, 0.717) is 17.8 Å². The van der Waals surface area contributed by atoms with Gasteiger partial charge >= 0.3 is 12.0 Å². The summed E-state index contributed by atoms with van der Waals surface area (Å²) in [6.45, 7) is 4.55. The molecule has 3 amide bonds. The highest BCUT2D eigenvalue weighted by molar-refractivity contribution is 5.95. The molecule has 31 heavy (non-hydrogen) atoms. The summed E-state index contributed by atoms with van der Waals surface area (Å²) in [6, 6.07) is 14.3. The van der Waals surface area contributed by atoms with Crippen molar-refractivity contribution in [3.05, 3.63) is 65.2 Å². The number of rotatable bonds is 10. The van der Waals surface area contributed by atoms with Crippen molar-refractivity contribution in [1.29, 1.82) is 0 Å². The summed E-state index contributed by atoms with van der Waals surface area (Å²) in [5.74, 6) is -0.681. The average Bonchev–Trinajstić information content (AvgIpc) is 2.78. The van der Waals surface area contributed by atoms with E-state index >= 15 is 0 Å². The highest BCUT2D eigenvalue weighted by atomic mass is 16.5. The fraction of sp³-hybridized carbons (Fsp3) is 0.348. The molecular formula is C23H30N4O4. The highest BCUT2D eigenvalue weighted by Gasteiger charge is 2.08. The van der Waals surface area contributed by atoms with Crippen molar-refractivity contribution in [2.45, 2.75) is 26.4 Å². The van der Waals surface area contributed by atoms with Gasteiger partial charge in [0.15, 0.2) is 0 Å². The number of urea groups is 1. The van der Waals surface area contributed by atoms with E-state index in [4.69, 9.17) is 0 Å². The molecule has 8 heteroatoms. The minimum Gasteiger partial charge on any atom is -0.469 e. The lowest BCUT2D eigenvalue weighted by atomic mass is 10.1. The minimum absolute atomic E-state index is 0.111. The quantitative estimate of drug-likeness (QED) is 0.508. The van der Waals surface area contributed by atoms with Gasteiger partial charge in [0.05, 0.1) is 13.5 Å². The number of benzene rings is 2. The third kappa shape index (κ3) is 8.47. The molecule has 0 bridgehead atoms. The number of methoxy groups -OCH3 is 1. The van der Waals surface area contributed by atoms with Gasteiger partial charge in [-0.1, -0.05) is 31.2 Å². The van der Waals surface area contributed by atoms with Crippen LogP contribution in [0.3, 0.4) is 0 Å². The fourth-order valence-electron chi connectivity index (χ4n) is 2.81. The lowest BCUT2D eigenvalue weighted by Gasteiger charge is -2.14. The van der Waals surface area contributed by atoms with Crippen molar-refractivity contribution < 1.29 is 19.1 Å². The number of carbonyl (C=O) groups is 3. The van der Waals surface area contributed by atoms with Gasteiger partial charge in [0.2, 0.25) is 0 Å². The first kappa shape index (κ1) is 23.9. The number of carbonyl (C=O) groups excluding carboxylic acids is 3. The molecule has 2 rings (SSSR count). The van der Waals surface area contributed by atoms with Crippen molar-refractivity contribution in [2.24, 2.45) is 0 Å². The summed E-state index contributed by atoms with van der Waals surface area (Å²) < 4.78 is 4.53. The Morgan fingerprint density at radius 2 is 1.71 bits per heavy atom. The number of hydrogen-bond donors (Lipinski definition) is 3. The van der Waals surface area contributed by atoms with Gasteiger partial charge in [0.1, 0.15) is 0 Å². The van der Waals surface area contributed by atoms with Gasteiger partial charge in [0.25, 0.3) is 5.91 Å². The van der Waals surface area contributed by atoms with Crippen molar-refractivity contribution in [3.63, 3.8) is 0 Å². The van der Waals surface area contributed by atoms with Crippen LogP contribution in [0.25, 0.3) is 0 Å². The molecule has 0 aliphatic rings. The predicted molar refractivity (Wildman–Crippen MR) is 120 cm³/mol. The summed E-state index contributed by atoms with van der Waals surface area (Å²) in [6.07, 6.45) is 0.111. The summed E-state index contributed by atoms with van der Waals surface area (Å²) in [5, 5.41) is 8.23. The van der Waals surface area contributed by atoms with Gasteiger partial charge < -0.3 is 25.6 Å². The molecule has 8 nitrogen and oxygen atoms in total. The highest BCUT2D eigenvalue weighted by Crippen LogP contribution is 2.10. The van der Waals surface area contributed by atoms with Crippen LogP contribution in [-0.4, -0.2) is 50.1 Å². The van der Waals surface area contributed by atoms with E-state index in [9.17, 15) is 14.4 Å². The zero-order valence-corrected chi connectivity index (χ0v) is 18.2.